The van der Waals surface area contributed by atoms with Crippen molar-refractivity contribution in [2.24, 2.45) is 0 Å². The number of anilines is 6. The number of nitrogens with two attached hydrogens (primary N) is 4. The maximum atomic E-state index is 11.9. The second kappa shape index (κ2) is 11.4. The summed E-state index contributed by atoms with van der Waals surface area (Å²) in [6.07, 6.45) is 0. The minimum Gasteiger partial charge on any atom is -0.399 e. The van der Waals surface area contributed by atoms with Gasteiger partial charge in [-0.3, -0.25) is 9.59 Å². The van der Waals surface area contributed by atoms with Gasteiger partial charge in [-0.05, 0) is 84.9 Å². The van der Waals surface area contributed by atoms with E-state index >= 15 is 0 Å². The van der Waals surface area contributed by atoms with Crippen LogP contribution < -0.4 is 33.6 Å². The molecule has 0 atom stereocenters. The van der Waals surface area contributed by atoms with Crippen molar-refractivity contribution < 1.29 is 9.59 Å². The minimum atomic E-state index is -0.247. The van der Waals surface area contributed by atoms with Gasteiger partial charge in [-0.15, -0.1) is 0 Å². The molecule has 0 spiro atoms. The first-order valence-corrected chi connectivity index (χ1v) is 10.8. The number of nitrogen functional groups attached to an aromatic ring is 4. The van der Waals surface area contributed by atoms with Gasteiger partial charge in [0, 0.05) is 39.6 Å². The Morgan fingerprint density at radius 1 is 0.571 bits per heavy atom. The molecular weight excluding hydrogens is 464 g/mol. The van der Waals surface area contributed by atoms with E-state index in [4.69, 9.17) is 34.5 Å². The molecule has 0 bridgehead atoms. The van der Waals surface area contributed by atoms with E-state index in [1.54, 1.807) is 84.9 Å². The maximum Gasteiger partial charge on any atom is 0.255 e. The van der Waals surface area contributed by atoms with Crippen molar-refractivity contribution in [3.63, 3.8) is 0 Å². The molecule has 0 saturated heterocycles. The van der Waals surface area contributed by atoms with Gasteiger partial charge in [-0.25, -0.2) is 0 Å². The van der Waals surface area contributed by atoms with Gasteiger partial charge in [-0.1, -0.05) is 17.7 Å². The summed E-state index contributed by atoms with van der Waals surface area (Å²) in [5.74, 6) is -0.440. The van der Waals surface area contributed by atoms with Crippen molar-refractivity contribution in [2.45, 2.75) is 0 Å². The number of nitrogens with one attached hydrogen (secondary N) is 2. The van der Waals surface area contributed by atoms with Gasteiger partial charge in [0.25, 0.3) is 11.8 Å². The molecule has 0 aliphatic heterocycles. The Bertz CT molecular complexity index is 1320. The second-order valence-corrected chi connectivity index (χ2v) is 7.92. The Labute approximate surface area is 207 Å². The molecule has 2 amide bonds. The summed E-state index contributed by atoms with van der Waals surface area (Å²) in [6.45, 7) is 0. The highest BCUT2D eigenvalue weighted by atomic mass is 35.5. The smallest absolute Gasteiger partial charge is 0.255 e. The van der Waals surface area contributed by atoms with Gasteiger partial charge >= 0.3 is 0 Å². The Morgan fingerprint density at radius 2 is 1.06 bits per heavy atom. The molecule has 0 aliphatic rings. The molecule has 9 heteroatoms. The maximum absolute atomic E-state index is 11.9. The number of carbonyl (C=O) groups is 2. The third kappa shape index (κ3) is 7.41. The summed E-state index contributed by atoms with van der Waals surface area (Å²) in [6, 6.07) is 25.4. The molecule has 10 N–H and O–H groups in total. The lowest BCUT2D eigenvalue weighted by atomic mass is 10.2. The Hall–Kier alpha value is -4.69. The molecular formula is C26H25ClN6O2. The minimum absolute atomic E-state index is 0.193. The lowest BCUT2D eigenvalue weighted by Crippen LogP contribution is -2.12. The van der Waals surface area contributed by atoms with E-state index in [1.165, 1.54) is 6.07 Å². The topological polar surface area (TPSA) is 162 Å². The summed E-state index contributed by atoms with van der Waals surface area (Å²) in [5, 5.41) is 5.93. The molecule has 0 saturated carbocycles. The van der Waals surface area contributed by atoms with E-state index in [9.17, 15) is 9.59 Å². The number of rotatable bonds is 4. The molecule has 0 unspecified atom stereocenters. The van der Waals surface area contributed by atoms with Crippen LogP contribution in [0.1, 0.15) is 20.7 Å². The van der Waals surface area contributed by atoms with Crippen LogP contribution in [0.15, 0.2) is 91.0 Å². The van der Waals surface area contributed by atoms with Gasteiger partial charge in [-0.2, -0.15) is 0 Å². The fourth-order valence-electron chi connectivity index (χ4n) is 2.90. The number of hydrogen-bond acceptors (Lipinski definition) is 6. The van der Waals surface area contributed by atoms with Crippen LogP contribution in [0.2, 0.25) is 5.02 Å². The molecule has 4 rings (SSSR count). The molecule has 4 aromatic carbocycles. The summed E-state index contributed by atoms with van der Waals surface area (Å²) >= 11 is 5.79. The molecule has 178 valence electrons. The Morgan fingerprint density at radius 3 is 1.51 bits per heavy atom. The van der Waals surface area contributed by atoms with E-state index in [1.807, 2.05) is 0 Å². The average molecular weight is 489 g/mol. The number of halogens is 1. The van der Waals surface area contributed by atoms with Crippen LogP contribution in [0.4, 0.5) is 34.1 Å². The predicted octanol–water partition coefficient (Wildman–Crippen LogP) is 4.86. The molecule has 35 heavy (non-hydrogen) atoms. The van der Waals surface area contributed by atoms with E-state index in [0.717, 1.165) is 0 Å². The molecule has 0 fully saturated rings. The first-order chi connectivity index (χ1) is 16.7. The zero-order chi connectivity index (χ0) is 25.4. The monoisotopic (exact) mass is 488 g/mol. The highest BCUT2D eigenvalue weighted by Gasteiger charge is 2.08. The lowest BCUT2D eigenvalue weighted by molar-refractivity contribution is 0.101. The molecule has 4 aromatic rings. The molecule has 0 aliphatic carbocycles. The van der Waals surface area contributed by atoms with Crippen LogP contribution in [-0.4, -0.2) is 11.8 Å². The highest BCUT2D eigenvalue weighted by molar-refractivity contribution is 6.33. The first-order valence-electron chi connectivity index (χ1n) is 10.5. The summed E-state index contributed by atoms with van der Waals surface area (Å²) < 4.78 is 0. The fourth-order valence-corrected chi connectivity index (χ4v) is 3.02. The van der Waals surface area contributed by atoms with Crippen molar-refractivity contribution in [2.75, 3.05) is 33.6 Å². The van der Waals surface area contributed by atoms with Crippen molar-refractivity contribution in [3.05, 3.63) is 107 Å². The lowest BCUT2D eigenvalue weighted by Gasteiger charge is -2.06. The van der Waals surface area contributed by atoms with E-state index in [0.29, 0.717) is 50.3 Å². The van der Waals surface area contributed by atoms with Crippen molar-refractivity contribution >= 4 is 57.5 Å². The normalized spacial score (nSPS) is 9.97. The van der Waals surface area contributed by atoms with Crippen LogP contribution in [0.5, 0.6) is 0 Å². The SMILES string of the molecule is Nc1ccc(NC(=O)c2ccc(Cl)c(N)c2)cc1.Nc1ccc(NC(=O)c2cccc(N)c2)cc1. The Kier molecular flexibility index (Phi) is 8.15. The standard InChI is InChI=1S/C13H12ClN3O.C13H13N3O/c14-11-6-1-8(7-12(11)16)13(18)17-10-4-2-9(15)3-5-10;14-10-4-6-12(7-5-10)16-13(17)9-2-1-3-11(15)8-9/h1-7H,15-16H2,(H,17,18);1-8H,14-15H2,(H,16,17). The zero-order valence-electron chi connectivity index (χ0n) is 18.7. The second-order valence-electron chi connectivity index (χ2n) is 7.51. The van der Waals surface area contributed by atoms with E-state index < -0.39 is 0 Å². The van der Waals surface area contributed by atoms with Gasteiger partial charge in [0.15, 0.2) is 0 Å². The third-order valence-electron chi connectivity index (χ3n) is 4.74. The third-order valence-corrected chi connectivity index (χ3v) is 5.09. The van der Waals surface area contributed by atoms with Crippen LogP contribution in [0.25, 0.3) is 0 Å². The number of carbonyl (C=O) groups excluding carboxylic acids is 2. The Balaban J connectivity index is 0.000000196. The van der Waals surface area contributed by atoms with Crippen LogP contribution in [-0.2, 0) is 0 Å². The largest absolute Gasteiger partial charge is 0.399 e. The van der Waals surface area contributed by atoms with Gasteiger partial charge in [0.1, 0.15) is 0 Å². The summed E-state index contributed by atoms with van der Waals surface area (Å²) in [5.41, 5.74) is 27.0. The number of amides is 2. The molecule has 8 nitrogen and oxygen atoms in total. The first kappa shape index (κ1) is 24.9. The predicted molar refractivity (Wildman–Crippen MR) is 144 cm³/mol. The van der Waals surface area contributed by atoms with E-state index in [2.05, 4.69) is 10.6 Å². The quantitative estimate of drug-likeness (QED) is 0.225. The van der Waals surface area contributed by atoms with Gasteiger partial charge in [0.2, 0.25) is 0 Å². The number of benzene rings is 4. The molecule has 0 radical (unpaired) electrons. The van der Waals surface area contributed by atoms with Crippen molar-refractivity contribution in [3.8, 4) is 0 Å². The zero-order valence-corrected chi connectivity index (χ0v) is 19.4. The van der Waals surface area contributed by atoms with Gasteiger partial charge < -0.3 is 33.6 Å². The van der Waals surface area contributed by atoms with E-state index in [-0.39, 0.29) is 11.8 Å². The fraction of sp³-hybridized carbons (Fsp3) is 0. The molecule has 0 aromatic heterocycles. The number of hydrogen-bond donors (Lipinski definition) is 6. The van der Waals surface area contributed by atoms with Crippen molar-refractivity contribution in [1.82, 2.24) is 0 Å². The highest BCUT2D eigenvalue weighted by Crippen LogP contribution is 2.20. The molecule has 0 heterocycles. The van der Waals surface area contributed by atoms with Crippen LogP contribution >= 0.6 is 11.6 Å². The van der Waals surface area contributed by atoms with Gasteiger partial charge in [0.05, 0.1) is 10.7 Å². The average Bonchev–Trinajstić information content (AvgIpc) is 2.84. The van der Waals surface area contributed by atoms with Crippen LogP contribution in [0, 0.1) is 0 Å². The summed E-state index contributed by atoms with van der Waals surface area (Å²) in [4.78, 5) is 23.8. The summed E-state index contributed by atoms with van der Waals surface area (Å²) in [7, 11) is 0. The van der Waals surface area contributed by atoms with Crippen LogP contribution in [0.3, 0.4) is 0 Å². The van der Waals surface area contributed by atoms with Crippen molar-refractivity contribution in [1.29, 1.82) is 0 Å².